The van der Waals surface area contributed by atoms with Crippen molar-refractivity contribution < 1.29 is 28.9 Å². The summed E-state index contributed by atoms with van der Waals surface area (Å²) in [5.74, 6) is 0.226. The number of esters is 1. The van der Waals surface area contributed by atoms with Crippen molar-refractivity contribution in [2.75, 3.05) is 20.8 Å². The number of aromatic nitrogens is 4. The Kier molecular flexibility index (Phi) is 8.18. The fraction of sp³-hybridized carbons (Fsp3) is 0.375. The van der Waals surface area contributed by atoms with Crippen LogP contribution in [0.1, 0.15) is 53.5 Å². The molecule has 180 valence electrons. The lowest BCUT2D eigenvalue weighted by atomic mass is 10.0. The minimum atomic E-state index is -1.13. The quantitative estimate of drug-likeness (QED) is 0.333. The predicted octanol–water partition coefficient (Wildman–Crippen LogP) is 3.22. The van der Waals surface area contributed by atoms with Gasteiger partial charge in [-0.05, 0) is 42.5 Å². The number of carboxylic acids is 1. The fourth-order valence-corrected chi connectivity index (χ4v) is 3.47. The number of nitrogens with zero attached hydrogens (tertiary/aromatic N) is 4. The van der Waals surface area contributed by atoms with Crippen molar-refractivity contribution in [1.29, 1.82) is 0 Å². The summed E-state index contributed by atoms with van der Waals surface area (Å²) in [6.07, 6.45) is 3.38. The van der Waals surface area contributed by atoms with Gasteiger partial charge in [0.2, 0.25) is 0 Å². The van der Waals surface area contributed by atoms with E-state index < -0.39 is 5.97 Å². The highest BCUT2D eigenvalue weighted by Crippen LogP contribution is 2.32. The van der Waals surface area contributed by atoms with Gasteiger partial charge in [-0.3, -0.25) is 4.79 Å². The maximum Gasteiger partial charge on any atom is 0.356 e. The van der Waals surface area contributed by atoms with Gasteiger partial charge in [0.15, 0.2) is 23.0 Å². The summed E-state index contributed by atoms with van der Waals surface area (Å²) in [7, 11) is 2.90. The molecule has 0 unspecified atom stereocenters. The number of carboxylic acid groups (broad SMARTS) is 1. The van der Waals surface area contributed by atoms with Crippen LogP contribution in [0.2, 0.25) is 0 Å². The third-order valence-corrected chi connectivity index (χ3v) is 5.15. The molecule has 3 aromatic rings. The van der Waals surface area contributed by atoms with Gasteiger partial charge in [-0.2, -0.15) is 5.10 Å². The molecule has 0 fully saturated rings. The number of rotatable bonds is 11. The number of aromatic carboxylic acids is 1. The van der Waals surface area contributed by atoms with Crippen LogP contribution in [0.5, 0.6) is 11.5 Å². The summed E-state index contributed by atoms with van der Waals surface area (Å²) in [6, 6.07) is 8.37. The number of hydrogen-bond acceptors (Lipinski definition) is 8. The minimum Gasteiger partial charge on any atom is -0.493 e. The van der Waals surface area contributed by atoms with Gasteiger partial charge >= 0.3 is 11.9 Å². The van der Waals surface area contributed by atoms with Crippen molar-refractivity contribution in [3.63, 3.8) is 0 Å². The number of methoxy groups -OCH3 is 2. The highest BCUT2D eigenvalue weighted by molar-refractivity contribution is 5.85. The monoisotopic (exact) mass is 468 g/mol. The van der Waals surface area contributed by atoms with Crippen molar-refractivity contribution in [2.24, 2.45) is 0 Å². The summed E-state index contributed by atoms with van der Waals surface area (Å²) >= 11 is 0. The highest BCUT2D eigenvalue weighted by Gasteiger charge is 2.17. The van der Waals surface area contributed by atoms with Gasteiger partial charge in [0.1, 0.15) is 0 Å². The van der Waals surface area contributed by atoms with Crippen LogP contribution in [0.25, 0.3) is 5.82 Å². The molecular formula is C24H28N4O6. The normalized spacial score (nSPS) is 10.9. The second-order valence-electron chi connectivity index (χ2n) is 7.87. The van der Waals surface area contributed by atoms with Crippen LogP contribution in [0, 0.1) is 0 Å². The Morgan fingerprint density at radius 1 is 1.09 bits per heavy atom. The van der Waals surface area contributed by atoms with Crippen molar-refractivity contribution >= 4 is 11.9 Å². The number of ether oxygens (including phenoxy) is 3. The predicted molar refractivity (Wildman–Crippen MR) is 123 cm³/mol. The number of carbonyl (C=O) groups excluding carboxylic acids is 1. The van der Waals surface area contributed by atoms with Crippen molar-refractivity contribution in [3.05, 3.63) is 59.0 Å². The number of hydrogen-bond donors (Lipinski definition) is 1. The molecule has 0 spiro atoms. The van der Waals surface area contributed by atoms with E-state index in [1.54, 1.807) is 30.0 Å². The maximum absolute atomic E-state index is 11.8. The molecule has 1 aromatic carbocycles. The first-order valence-electron chi connectivity index (χ1n) is 10.8. The third kappa shape index (κ3) is 5.89. The van der Waals surface area contributed by atoms with Crippen molar-refractivity contribution in [2.45, 2.75) is 39.0 Å². The first-order chi connectivity index (χ1) is 16.3. The number of para-hydroxylation sites is 1. The summed E-state index contributed by atoms with van der Waals surface area (Å²) < 4.78 is 17.8. The molecule has 2 aromatic heterocycles. The van der Waals surface area contributed by atoms with Gasteiger partial charge in [-0.25, -0.2) is 9.48 Å². The average Bonchev–Trinajstić information content (AvgIpc) is 3.27. The third-order valence-electron chi connectivity index (χ3n) is 5.15. The lowest BCUT2D eigenvalue weighted by Gasteiger charge is -2.14. The van der Waals surface area contributed by atoms with Crippen LogP contribution in [0.3, 0.4) is 0 Å². The zero-order chi connectivity index (χ0) is 24.7. The van der Waals surface area contributed by atoms with E-state index in [-0.39, 0.29) is 24.0 Å². The van der Waals surface area contributed by atoms with E-state index in [4.69, 9.17) is 19.3 Å². The average molecular weight is 469 g/mol. The molecule has 0 radical (unpaired) electrons. The van der Waals surface area contributed by atoms with E-state index in [2.05, 4.69) is 29.1 Å². The zero-order valence-electron chi connectivity index (χ0n) is 19.6. The standard InChI is InChI=1S/C24H28N4O6/c1-15(2)22-17(14-28(27-22)20-11-10-18(24(30)31)25-26-20)8-6-12-34-23-16(13-21(29)33-4)7-5-9-19(23)32-3/h5,7,9-11,14-15H,6,8,12-13H2,1-4H3,(H,30,31). The van der Waals surface area contributed by atoms with E-state index >= 15 is 0 Å². The Balaban J connectivity index is 1.70. The van der Waals surface area contributed by atoms with Crippen molar-refractivity contribution in [3.8, 4) is 17.3 Å². The molecule has 0 aliphatic carbocycles. The van der Waals surface area contributed by atoms with E-state index in [0.29, 0.717) is 42.3 Å². The van der Waals surface area contributed by atoms with Crippen molar-refractivity contribution in [1.82, 2.24) is 20.0 Å². The summed E-state index contributed by atoms with van der Waals surface area (Å²) in [5, 5.41) is 21.3. The summed E-state index contributed by atoms with van der Waals surface area (Å²) in [4.78, 5) is 22.8. The molecule has 0 bridgehead atoms. The SMILES string of the molecule is COC(=O)Cc1cccc(OC)c1OCCCc1cn(-c2ccc(C(=O)O)nn2)nc1C(C)C. The lowest BCUT2D eigenvalue weighted by molar-refractivity contribution is -0.139. The highest BCUT2D eigenvalue weighted by atomic mass is 16.5. The van der Waals surface area contributed by atoms with Crippen LogP contribution < -0.4 is 9.47 Å². The van der Waals surface area contributed by atoms with E-state index in [9.17, 15) is 9.59 Å². The van der Waals surface area contributed by atoms with E-state index in [1.807, 2.05) is 12.3 Å². The van der Waals surface area contributed by atoms with Gasteiger partial charge in [0.25, 0.3) is 0 Å². The van der Waals surface area contributed by atoms with Crippen LogP contribution in [0.4, 0.5) is 0 Å². The smallest absolute Gasteiger partial charge is 0.356 e. The molecular weight excluding hydrogens is 440 g/mol. The fourth-order valence-electron chi connectivity index (χ4n) is 3.47. The largest absolute Gasteiger partial charge is 0.493 e. The van der Waals surface area contributed by atoms with Crippen LogP contribution in [-0.2, 0) is 22.4 Å². The second-order valence-corrected chi connectivity index (χ2v) is 7.87. The Hall–Kier alpha value is -3.95. The van der Waals surface area contributed by atoms with Gasteiger partial charge in [-0.1, -0.05) is 26.0 Å². The molecule has 34 heavy (non-hydrogen) atoms. The van der Waals surface area contributed by atoms with Gasteiger partial charge in [0, 0.05) is 11.8 Å². The second kappa shape index (κ2) is 11.3. The minimum absolute atomic E-state index is 0.0923. The Labute approximate surface area is 197 Å². The Morgan fingerprint density at radius 3 is 2.50 bits per heavy atom. The molecule has 2 heterocycles. The molecule has 0 atom stereocenters. The Bertz CT molecular complexity index is 1140. The van der Waals surface area contributed by atoms with Crippen LogP contribution >= 0.6 is 0 Å². The van der Waals surface area contributed by atoms with Gasteiger partial charge < -0.3 is 19.3 Å². The molecule has 10 nitrogen and oxygen atoms in total. The number of carbonyl (C=O) groups is 2. The first kappa shape index (κ1) is 24.7. The number of aryl methyl sites for hydroxylation is 1. The lowest BCUT2D eigenvalue weighted by Crippen LogP contribution is -2.09. The summed E-state index contributed by atoms with van der Waals surface area (Å²) in [6.45, 7) is 4.52. The molecule has 0 amide bonds. The molecule has 10 heteroatoms. The molecule has 0 aliphatic heterocycles. The van der Waals surface area contributed by atoms with Gasteiger partial charge in [0.05, 0.1) is 32.9 Å². The molecule has 0 aliphatic rings. The molecule has 0 saturated heterocycles. The number of benzene rings is 1. The molecule has 3 rings (SSSR count). The molecule has 0 saturated carbocycles. The van der Waals surface area contributed by atoms with Crippen LogP contribution in [-0.4, -0.2) is 57.8 Å². The van der Waals surface area contributed by atoms with Crippen LogP contribution in [0.15, 0.2) is 36.5 Å². The van der Waals surface area contributed by atoms with E-state index in [1.165, 1.54) is 13.2 Å². The first-order valence-corrected chi connectivity index (χ1v) is 10.8. The topological polar surface area (TPSA) is 126 Å². The van der Waals surface area contributed by atoms with Gasteiger partial charge in [-0.15, -0.1) is 10.2 Å². The zero-order valence-corrected chi connectivity index (χ0v) is 19.6. The summed E-state index contributed by atoms with van der Waals surface area (Å²) in [5.41, 5.74) is 2.54. The Morgan fingerprint density at radius 2 is 1.88 bits per heavy atom. The molecule has 1 N–H and O–H groups in total. The maximum atomic E-state index is 11.8. The van der Waals surface area contributed by atoms with E-state index in [0.717, 1.165) is 11.3 Å².